The number of aliphatic hydroxyl groups is 1. The Hall–Kier alpha value is -0.860. The van der Waals surface area contributed by atoms with E-state index >= 15 is 0 Å². The standard InChI is InChI=1S/C13H19NO/c14-13(9-15)12-7-6-10-4-2-1-3-5-11(10)8-12/h6-8,13,15H,1-5,9,14H2. The molecule has 0 heterocycles. The number of hydrogen-bond acceptors (Lipinski definition) is 2. The van der Waals surface area contributed by atoms with Crippen molar-refractivity contribution in [1.29, 1.82) is 0 Å². The molecule has 3 N–H and O–H groups in total. The summed E-state index contributed by atoms with van der Waals surface area (Å²) >= 11 is 0. The van der Waals surface area contributed by atoms with Gasteiger partial charge < -0.3 is 10.8 Å². The van der Waals surface area contributed by atoms with Crippen LogP contribution in [0.4, 0.5) is 0 Å². The second kappa shape index (κ2) is 4.77. The molecule has 0 saturated carbocycles. The van der Waals surface area contributed by atoms with Crippen LogP contribution in [0.2, 0.25) is 0 Å². The van der Waals surface area contributed by atoms with Crippen LogP contribution in [0.3, 0.4) is 0 Å². The van der Waals surface area contributed by atoms with E-state index in [0.29, 0.717) is 0 Å². The molecule has 82 valence electrons. The van der Waals surface area contributed by atoms with E-state index in [1.807, 2.05) is 0 Å². The van der Waals surface area contributed by atoms with Crippen LogP contribution in [-0.4, -0.2) is 11.7 Å². The van der Waals surface area contributed by atoms with Crippen LogP contribution in [0.15, 0.2) is 18.2 Å². The molecule has 2 nitrogen and oxygen atoms in total. The van der Waals surface area contributed by atoms with Crippen molar-refractivity contribution in [2.45, 2.75) is 38.1 Å². The van der Waals surface area contributed by atoms with Crippen molar-refractivity contribution in [3.63, 3.8) is 0 Å². The van der Waals surface area contributed by atoms with Gasteiger partial charge in [-0.2, -0.15) is 0 Å². The van der Waals surface area contributed by atoms with E-state index in [2.05, 4.69) is 18.2 Å². The molecule has 0 fully saturated rings. The predicted molar refractivity (Wildman–Crippen MR) is 61.7 cm³/mol. The summed E-state index contributed by atoms with van der Waals surface area (Å²) in [6, 6.07) is 6.21. The van der Waals surface area contributed by atoms with E-state index in [-0.39, 0.29) is 12.6 Å². The molecular weight excluding hydrogens is 186 g/mol. The number of rotatable bonds is 2. The minimum atomic E-state index is -0.224. The third-order valence-corrected chi connectivity index (χ3v) is 3.25. The molecule has 0 saturated heterocycles. The van der Waals surface area contributed by atoms with Crippen LogP contribution < -0.4 is 5.73 Å². The Bertz CT molecular complexity index is 335. The third kappa shape index (κ3) is 2.39. The lowest BCUT2D eigenvalue weighted by atomic mass is 9.97. The Morgan fingerprint density at radius 3 is 2.60 bits per heavy atom. The zero-order valence-electron chi connectivity index (χ0n) is 9.08. The van der Waals surface area contributed by atoms with E-state index in [1.54, 1.807) is 0 Å². The smallest absolute Gasteiger partial charge is 0.0624 e. The summed E-state index contributed by atoms with van der Waals surface area (Å²) in [5.41, 5.74) is 9.80. The number of fused-ring (bicyclic) bond motifs is 1. The molecule has 1 atom stereocenters. The molecule has 0 radical (unpaired) electrons. The van der Waals surface area contributed by atoms with Gasteiger partial charge in [0.15, 0.2) is 0 Å². The van der Waals surface area contributed by atoms with E-state index < -0.39 is 0 Å². The summed E-state index contributed by atoms with van der Waals surface area (Å²) in [5.74, 6) is 0. The molecule has 0 spiro atoms. The lowest BCUT2D eigenvalue weighted by molar-refractivity contribution is 0.268. The Labute approximate surface area is 91.1 Å². The average molecular weight is 205 g/mol. The Morgan fingerprint density at radius 1 is 1.13 bits per heavy atom. The molecule has 1 unspecified atom stereocenters. The zero-order chi connectivity index (χ0) is 10.7. The molecule has 1 aliphatic carbocycles. The van der Waals surface area contributed by atoms with Crippen LogP contribution in [-0.2, 0) is 12.8 Å². The van der Waals surface area contributed by atoms with Gasteiger partial charge in [0, 0.05) is 0 Å². The van der Waals surface area contributed by atoms with Crippen LogP contribution in [0, 0.1) is 0 Å². The summed E-state index contributed by atoms with van der Waals surface area (Å²) in [6.45, 7) is 0.0266. The number of benzene rings is 1. The van der Waals surface area contributed by atoms with Crippen molar-refractivity contribution in [2.24, 2.45) is 5.73 Å². The van der Waals surface area contributed by atoms with Crippen molar-refractivity contribution < 1.29 is 5.11 Å². The highest BCUT2D eigenvalue weighted by Gasteiger charge is 2.11. The normalized spacial score (nSPS) is 18.0. The van der Waals surface area contributed by atoms with Crippen molar-refractivity contribution >= 4 is 0 Å². The molecule has 1 aromatic rings. The van der Waals surface area contributed by atoms with Crippen LogP contribution in [0.5, 0.6) is 0 Å². The highest BCUT2D eigenvalue weighted by Crippen LogP contribution is 2.23. The van der Waals surface area contributed by atoms with Gasteiger partial charge in [-0.05, 0) is 42.4 Å². The van der Waals surface area contributed by atoms with Crippen molar-refractivity contribution in [2.75, 3.05) is 6.61 Å². The van der Waals surface area contributed by atoms with Crippen molar-refractivity contribution in [3.8, 4) is 0 Å². The predicted octanol–water partition coefficient (Wildman–Crippen LogP) is 1.95. The van der Waals surface area contributed by atoms with Crippen molar-refractivity contribution in [3.05, 3.63) is 34.9 Å². The molecule has 15 heavy (non-hydrogen) atoms. The van der Waals surface area contributed by atoms with E-state index in [1.165, 1.54) is 43.2 Å². The van der Waals surface area contributed by atoms with Gasteiger partial charge in [-0.3, -0.25) is 0 Å². The number of nitrogens with two attached hydrogens (primary N) is 1. The summed E-state index contributed by atoms with van der Waals surface area (Å²) in [4.78, 5) is 0. The first-order valence-electron chi connectivity index (χ1n) is 5.79. The molecule has 0 aromatic heterocycles. The molecule has 2 heteroatoms. The second-order valence-corrected chi connectivity index (χ2v) is 4.38. The Balaban J connectivity index is 2.27. The van der Waals surface area contributed by atoms with Gasteiger partial charge in [-0.25, -0.2) is 0 Å². The summed E-state index contributed by atoms with van der Waals surface area (Å²) in [6.07, 6.45) is 6.28. The van der Waals surface area contributed by atoms with E-state index in [4.69, 9.17) is 10.8 Å². The molecular formula is C13H19NO. The fourth-order valence-electron chi connectivity index (χ4n) is 2.27. The van der Waals surface area contributed by atoms with Gasteiger partial charge in [-0.15, -0.1) is 0 Å². The van der Waals surface area contributed by atoms with Gasteiger partial charge in [0.05, 0.1) is 12.6 Å². The monoisotopic (exact) mass is 205 g/mol. The van der Waals surface area contributed by atoms with Crippen LogP contribution in [0.25, 0.3) is 0 Å². The lowest BCUT2D eigenvalue weighted by Crippen LogP contribution is -2.14. The van der Waals surface area contributed by atoms with Crippen molar-refractivity contribution in [1.82, 2.24) is 0 Å². The molecule has 0 aliphatic heterocycles. The maximum atomic E-state index is 9.02. The third-order valence-electron chi connectivity index (χ3n) is 3.25. The SMILES string of the molecule is NC(CO)c1ccc2c(c1)CCCCC2. The van der Waals surface area contributed by atoms with Gasteiger partial charge in [-0.1, -0.05) is 24.6 Å². The first-order valence-corrected chi connectivity index (χ1v) is 5.79. The maximum absolute atomic E-state index is 9.02. The molecule has 1 aliphatic rings. The Kier molecular flexibility index (Phi) is 3.39. The number of hydrogen-bond donors (Lipinski definition) is 2. The minimum Gasteiger partial charge on any atom is -0.394 e. The van der Waals surface area contributed by atoms with Gasteiger partial charge >= 0.3 is 0 Å². The number of aliphatic hydroxyl groups excluding tert-OH is 1. The quantitative estimate of drug-likeness (QED) is 0.725. The zero-order valence-corrected chi connectivity index (χ0v) is 9.08. The first kappa shape index (κ1) is 10.7. The lowest BCUT2D eigenvalue weighted by Gasteiger charge is -2.12. The topological polar surface area (TPSA) is 46.2 Å². The first-order chi connectivity index (χ1) is 7.31. The second-order valence-electron chi connectivity index (χ2n) is 4.38. The maximum Gasteiger partial charge on any atom is 0.0624 e. The highest BCUT2D eigenvalue weighted by atomic mass is 16.3. The molecule has 0 bridgehead atoms. The van der Waals surface area contributed by atoms with E-state index in [0.717, 1.165) is 5.56 Å². The largest absolute Gasteiger partial charge is 0.394 e. The summed E-state index contributed by atoms with van der Waals surface area (Å²) < 4.78 is 0. The van der Waals surface area contributed by atoms with Gasteiger partial charge in [0.1, 0.15) is 0 Å². The minimum absolute atomic E-state index is 0.0266. The number of aryl methyl sites for hydroxylation is 2. The Morgan fingerprint density at radius 2 is 1.87 bits per heavy atom. The van der Waals surface area contributed by atoms with Crippen LogP contribution in [0.1, 0.15) is 42.0 Å². The molecule has 1 aromatic carbocycles. The fourth-order valence-corrected chi connectivity index (χ4v) is 2.27. The average Bonchev–Trinajstić information content (AvgIpc) is 2.51. The van der Waals surface area contributed by atoms with Crippen LogP contribution >= 0.6 is 0 Å². The highest BCUT2D eigenvalue weighted by molar-refractivity contribution is 5.34. The van der Waals surface area contributed by atoms with E-state index in [9.17, 15) is 0 Å². The summed E-state index contributed by atoms with van der Waals surface area (Å²) in [7, 11) is 0. The fraction of sp³-hybridized carbons (Fsp3) is 0.538. The molecule has 2 rings (SSSR count). The molecule has 0 amide bonds. The summed E-state index contributed by atoms with van der Waals surface area (Å²) in [5, 5.41) is 9.02. The van der Waals surface area contributed by atoms with Gasteiger partial charge in [0.2, 0.25) is 0 Å². The van der Waals surface area contributed by atoms with Gasteiger partial charge in [0.25, 0.3) is 0 Å².